The molecule has 1 aromatic rings. The maximum absolute atomic E-state index is 6.04. The number of rotatable bonds is 2. The first-order chi connectivity index (χ1) is 6.18. The first-order valence-electron chi connectivity index (χ1n) is 4.25. The Kier molecular flexibility index (Phi) is 2.72. The van der Waals surface area contributed by atoms with Gasteiger partial charge in [-0.1, -0.05) is 0 Å². The highest BCUT2D eigenvalue weighted by atomic mass is 79.9. The lowest BCUT2D eigenvalue weighted by atomic mass is 10.1. The van der Waals surface area contributed by atoms with Crippen molar-refractivity contribution in [2.75, 3.05) is 0 Å². The lowest BCUT2D eigenvalue weighted by molar-refractivity contribution is 0.630. The van der Waals surface area contributed by atoms with Crippen molar-refractivity contribution < 1.29 is 0 Å². The molecule has 70 valence electrons. The highest BCUT2D eigenvalue weighted by molar-refractivity contribution is 9.13. The van der Waals surface area contributed by atoms with E-state index in [1.165, 1.54) is 12.8 Å². The average Bonchev–Trinajstić information content (AvgIpc) is 2.91. The van der Waals surface area contributed by atoms with Gasteiger partial charge >= 0.3 is 0 Å². The average molecular weight is 306 g/mol. The van der Waals surface area contributed by atoms with Crippen LogP contribution in [-0.2, 0) is 0 Å². The topological polar surface area (TPSA) is 38.9 Å². The Hall–Kier alpha value is 0.0700. The minimum absolute atomic E-state index is 0.164. The smallest absolute Gasteiger partial charge is 0.120 e. The second-order valence-corrected chi connectivity index (χ2v) is 5.01. The van der Waals surface area contributed by atoms with Crippen molar-refractivity contribution in [3.63, 3.8) is 0 Å². The van der Waals surface area contributed by atoms with Crippen LogP contribution in [-0.4, -0.2) is 4.98 Å². The zero-order valence-electron chi connectivity index (χ0n) is 7.00. The van der Waals surface area contributed by atoms with Crippen molar-refractivity contribution in [2.45, 2.75) is 18.9 Å². The highest BCUT2D eigenvalue weighted by Gasteiger charge is 2.29. The normalized spacial score (nSPS) is 18.7. The fourth-order valence-corrected chi connectivity index (χ4v) is 1.93. The molecule has 4 heteroatoms. The molecule has 1 aliphatic carbocycles. The lowest BCUT2D eigenvalue weighted by Gasteiger charge is -2.10. The fourth-order valence-electron chi connectivity index (χ4n) is 1.35. The molecule has 1 aromatic heterocycles. The SMILES string of the molecule is N[C@H](c1cnc(Br)c(Br)c1)C1CC1. The summed E-state index contributed by atoms with van der Waals surface area (Å²) in [6.45, 7) is 0. The van der Waals surface area contributed by atoms with Gasteiger partial charge in [-0.2, -0.15) is 0 Å². The number of hydrogen-bond donors (Lipinski definition) is 1. The van der Waals surface area contributed by atoms with Crippen LogP contribution in [0.4, 0.5) is 0 Å². The summed E-state index contributed by atoms with van der Waals surface area (Å²) in [5.41, 5.74) is 7.17. The van der Waals surface area contributed by atoms with Gasteiger partial charge in [-0.15, -0.1) is 0 Å². The summed E-state index contributed by atoms with van der Waals surface area (Å²) in [6.07, 6.45) is 4.36. The first-order valence-corrected chi connectivity index (χ1v) is 5.83. The highest BCUT2D eigenvalue weighted by Crippen LogP contribution is 2.40. The molecule has 1 atom stereocenters. The van der Waals surface area contributed by atoms with Crippen molar-refractivity contribution in [3.8, 4) is 0 Å². The Bertz CT molecular complexity index is 323. The van der Waals surface area contributed by atoms with Gasteiger partial charge in [-0.05, 0) is 62.2 Å². The maximum Gasteiger partial charge on any atom is 0.120 e. The van der Waals surface area contributed by atoms with Gasteiger partial charge in [0.25, 0.3) is 0 Å². The Morgan fingerprint density at radius 1 is 1.46 bits per heavy atom. The van der Waals surface area contributed by atoms with Crippen LogP contribution in [0.25, 0.3) is 0 Å². The molecule has 0 spiro atoms. The van der Waals surface area contributed by atoms with E-state index in [2.05, 4.69) is 36.8 Å². The number of hydrogen-bond acceptors (Lipinski definition) is 2. The van der Waals surface area contributed by atoms with Crippen molar-refractivity contribution in [3.05, 3.63) is 26.9 Å². The van der Waals surface area contributed by atoms with Crippen LogP contribution in [0.3, 0.4) is 0 Å². The molecule has 0 bridgehead atoms. The molecule has 0 aliphatic heterocycles. The molecule has 1 heterocycles. The predicted molar refractivity (Wildman–Crippen MR) is 59.3 cm³/mol. The van der Waals surface area contributed by atoms with Gasteiger partial charge in [-0.25, -0.2) is 4.98 Å². The molecule has 1 fully saturated rings. The molecule has 2 nitrogen and oxygen atoms in total. The summed E-state index contributed by atoms with van der Waals surface area (Å²) in [5, 5.41) is 0. The Morgan fingerprint density at radius 3 is 2.69 bits per heavy atom. The van der Waals surface area contributed by atoms with Gasteiger partial charge in [0.15, 0.2) is 0 Å². The van der Waals surface area contributed by atoms with E-state index in [1.807, 2.05) is 12.3 Å². The van der Waals surface area contributed by atoms with Crippen LogP contribution in [0.15, 0.2) is 21.3 Å². The number of halogens is 2. The van der Waals surface area contributed by atoms with Crippen LogP contribution < -0.4 is 5.73 Å². The van der Waals surface area contributed by atoms with Crippen LogP contribution in [0, 0.1) is 5.92 Å². The van der Waals surface area contributed by atoms with Crippen molar-refractivity contribution in [1.29, 1.82) is 0 Å². The van der Waals surface area contributed by atoms with Gasteiger partial charge in [-0.3, -0.25) is 0 Å². The number of pyridine rings is 1. The van der Waals surface area contributed by atoms with E-state index in [0.29, 0.717) is 5.92 Å². The second kappa shape index (κ2) is 3.67. The second-order valence-electron chi connectivity index (χ2n) is 3.40. The van der Waals surface area contributed by atoms with Crippen LogP contribution in [0.5, 0.6) is 0 Å². The Labute approximate surface area is 94.2 Å². The molecular formula is C9H10Br2N2. The number of aromatic nitrogens is 1. The predicted octanol–water partition coefficient (Wildman–Crippen LogP) is 3.02. The zero-order chi connectivity index (χ0) is 9.42. The Balaban J connectivity index is 2.24. The molecule has 1 saturated carbocycles. The fraction of sp³-hybridized carbons (Fsp3) is 0.444. The first kappa shape index (κ1) is 9.62. The maximum atomic E-state index is 6.04. The van der Waals surface area contributed by atoms with Gasteiger partial charge in [0.2, 0.25) is 0 Å². The monoisotopic (exact) mass is 304 g/mol. The minimum Gasteiger partial charge on any atom is -0.324 e. The van der Waals surface area contributed by atoms with E-state index < -0.39 is 0 Å². The summed E-state index contributed by atoms with van der Waals surface area (Å²) in [4.78, 5) is 4.20. The third-order valence-electron chi connectivity index (χ3n) is 2.33. The Morgan fingerprint density at radius 2 is 2.15 bits per heavy atom. The number of nitrogens with two attached hydrogens (primary N) is 1. The largest absolute Gasteiger partial charge is 0.324 e. The van der Waals surface area contributed by atoms with Gasteiger partial charge in [0.05, 0.1) is 4.47 Å². The molecule has 0 aromatic carbocycles. The van der Waals surface area contributed by atoms with Crippen molar-refractivity contribution >= 4 is 31.9 Å². The molecule has 0 radical (unpaired) electrons. The van der Waals surface area contributed by atoms with Crippen molar-refractivity contribution in [1.82, 2.24) is 4.98 Å². The van der Waals surface area contributed by atoms with E-state index in [9.17, 15) is 0 Å². The molecule has 0 unspecified atom stereocenters. The standard InChI is InChI=1S/C9H10Br2N2/c10-7-3-6(4-13-9(7)11)8(12)5-1-2-5/h3-5,8H,1-2,12H2/t8-/m0/s1. The van der Waals surface area contributed by atoms with E-state index >= 15 is 0 Å². The molecule has 1 aliphatic rings. The number of nitrogens with zero attached hydrogens (tertiary/aromatic N) is 1. The van der Waals surface area contributed by atoms with E-state index in [1.54, 1.807) is 0 Å². The minimum atomic E-state index is 0.164. The molecule has 13 heavy (non-hydrogen) atoms. The van der Waals surface area contributed by atoms with Crippen LogP contribution >= 0.6 is 31.9 Å². The summed E-state index contributed by atoms with van der Waals surface area (Å²) in [5.74, 6) is 0.676. The third-order valence-corrected chi connectivity index (χ3v) is 4.10. The summed E-state index contributed by atoms with van der Waals surface area (Å²) >= 11 is 6.75. The molecule has 2 N–H and O–H groups in total. The quantitative estimate of drug-likeness (QED) is 0.853. The molecule has 0 saturated heterocycles. The van der Waals surface area contributed by atoms with E-state index in [4.69, 9.17) is 5.73 Å². The van der Waals surface area contributed by atoms with Crippen LogP contribution in [0.2, 0.25) is 0 Å². The zero-order valence-corrected chi connectivity index (χ0v) is 10.2. The van der Waals surface area contributed by atoms with Gasteiger partial charge in [0.1, 0.15) is 4.60 Å². The third kappa shape index (κ3) is 2.11. The van der Waals surface area contributed by atoms with Crippen molar-refractivity contribution in [2.24, 2.45) is 11.7 Å². The lowest BCUT2D eigenvalue weighted by Crippen LogP contribution is -2.12. The van der Waals surface area contributed by atoms with Crippen LogP contribution in [0.1, 0.15) is 24.4 Å². The summed E-state index contributed by atoms with van der Waals surface area (Å²) in [7, 11) is 0. The van der Waals surface area contributed by atoms with Gasteiger partial charge in [0, 0.05) is 12.2 Å². The van der Waals surface area contributed by atoms with E-state index in [0.717, 1.165) is 14.6 Å². The molecular weight excluding hydrogens is 296 g/mol. The summed E-state index contributed by atoms with van der Waals surface area (Å²) < 4.78 is 1.81. The van der Waals surface area contributed by atoms with Gasteiger partial charge < -0.3 is 5.73 Å². The molecule has 2 rings (SSSR count). The summed E-state index contributed by atoms with van der Waals surface area (Å²) in [6, 6.07) is 2.21. The van der Waals surface area contributed by atoms with E-state index in [-0.39, 0.29) is 6.04 Å². The molecule has 0 amide bonds.